The van der Waals surface area contributed by atoms with Crippen LogP contribution in [-0.4, -0.2) is 47.4 Å². The lowest BCUT2D eigenvalue weighted by Gasteiger charge is -2.37. The quantitative estimate of drug-likeness (QED) is 0.834. The molecule has 3 fully saturated rings. The molecule has 1 aliphatic carbocycles. The Morgan fingerprint density at radius 1 is 1.16 bits per heavy atom. The van der Waals surface area contributed by atoms with Crippen LogP contribution in [0.1, 0.15) is 58.3 Å². The summed E-state index contributed by atoms with van der Waals surface area (Å²) in [5.74, 6) is 0.463. The molecule has 2 aliphatic heterocycles. The van der Waals surface area contributed by atoms with Crippen molar-refractivity contribution in [1.29, 1.82) is 0 Å². The average Bonchev–Trinajstić information content (AvgIpc) is 2.78. The summed E-state index contributed by atoms with van der Waals surface area (Å²) in [5.41, 5.74) is 0.241. The second-order valence-corrected chi connectivity index (χ2v) is 7.12. The van der Waals surface area contributed by atoms with E-state index in [1.54, 1.807) is 0 Å². The van der Waals surface area contributed by atoms with E-state index in [1.165, 1.54) is 44.9 Å². The Bertz CT molecular complexity index is 301. The lowest BCUT2D eigenvalue weighted by Crippen LogP contribution is -2.46. The number of nitrogens with zero attached hydrogens (tertiary/aromatic N) is 1. The predicted molar refractivity (Wildman–Crippen MR) is 76.2 cm³/mol. The summed E-state index contributed by atoms with van der Waals surface area (Å²) in [4.78, 5) is 2.41. The van der Waals surface area contributed by atoms with Crippen LogP contribution in [0.25, 0.3) is 0 Å². The van der Waals surface area contributed by atoms with E-state index in [9.17, 15) is 5.11 Å². The molecule has 19 heavy (non-hydrogen) atoms. The largest absolute Gasteiger partial charge is 0.392 e. The molecular weight excluding hydrogens is 238 g/mol. The van der Waals surface area contributed by atoms with Crippen molar-refractivity contribution in [2.24, 2.45) is 5.92 Å². The van der Waals surface area contributed by atoms with Crippen molar-refractivity contribution in [1.82, 2.24) is 4.90 Å². The highest BCUT2D eigenvalue weighted by Gasteiger charge is 2.41. The molecule has 3 aliphatic rings. The number of aliphatic hydroxyl groups is 1. The lowest BCUT2D eigenvalue weighted by atomic mass is 9.83. The van der Waals surface area contributed by atoms with Gasteiger partial charge < -0.3 is 9.84 Å². The Hall–Kier alpha value is -0.120. The molecule has 0 radical (unpaired) electrons. The molecule has 0 amide bonds. The molecule has 110 valence electrons. The van der Waals surface area contributed by atoms with Crippen molar-refractivity contribution in [3.05, 3.63) is 0 Å². The Morgan fingerprint density at radius 2 is 1.95 bits per heavy atom. The van der Waals surface area contributed by atoms with Gasteiger partial charge in [-0.15, -0.1) is 0 Å². The zero-order valence-corrected chi connectivity index (χ0v) is 12.3. The third kappa shape index (κ3) is 3.14. The van der Waals surface area contributed by atoms with Crippen LogP contribution in [0.3, 0.4) is 0 Å². The summed E-state index contributed by atoms with van der Waals surface area (Å²) >= 11 is 0. The van der Waals surface area contributed by atoms with Crippen molar-refractivity contribution in [2.45, 2.75) is 76.1 Å². The number of piperidine rings is 1. The molecule has 0 aromatic rings. The zero-order valence-electron chi connectivity index (χ0n) is 12.3. The molecule has 3 nitrogen and oxygen atoms in total. The van der Waals surface area contributed by atoms with Gasteiger partial charge in [0.25, 0.3) is 0 Å². The van der Waals surface area contributed by atoms with Crippen molar-refractivity contribution >= 4 is 0 Å². The molecule has 0 bridgehead atoms. The fourth-order valence-corrected chi connectivity index (χ4v) is 4.16. The van der Waals surface area contributed by atoms with Crippen LogP contribution < -0.4 is 0 Å². The van der Waals surface area contributed by atoms with Crippen molar-refractivity contribution < 1.29 is 9.84 Å². The summed E-state index contributed by atoms with van der Waals surface area (Å²) in [6, 6.07) is 0. The van der Waals surface area contributed by atoms with Gasteiger partial charge in [0.15, 0.2) is 0 Å². The van der Waals surface area contributed by atoms with Gasteiger partial charge in [-0.3, -0.25) is 4.90 Å². The Morgan fingerprint density at radius 3 is 2.68 bits per heavy atom. The first-order chi connectivity index (χ1) is 9.17. The maximum absolute atomic E-state index is 9.98. The van der Waals surface area contributed by atoms with E-state index in [-0.39, 0.29) is 11.7 Å². The first kappa shape index (κ1) is 13.8. The Kier molecular flexibility index (Phi) is 4.16. The van der Waals surface area contributed by atoms with Crippen molar-refractivity contribution in [2.75, 3.05) is 19.6 Å². The van der Waals surface area contributed by atoms with Gasteiger partial charge in [-0.05, 0) is 44.6 Å². The van der Waals surface area contributed by atoms with Gasteiger partial charge >= 0.3 is 0 Å². The predicted octanol–water partition coefficient (Wildman–Crippen LogP) is 2.57. The van der Waals surface area contributed by atoms with E-state index in [0.717, 1.165) is 26.1 Å². The number of likely N-dealkylation sites (tertiary alicyclic amines) is 1. The number of rotatable bonds is 2. The molecule has 3 heteroatoms. The van der Waals surface area contributed by atoms with E-state index in [1.807, 2.05) is 0 Å². The molecule has 3 atom stereocenters. The summed E-state index contributed by atoms with van der Waals surface area (Å²) < 4.78 is 6.43. The number of aliphatic hydroxyl groups excluding tert-OH is 1. The minimum absolute atomic E-state index is 0.140. The van der Waals surface area contributed by atoms with E-state index < -0.39 is 0 Å². The number of ether oxygens (including phenoxy) is 1. The minimum atomic E-state index is -0.140. The van der Waals surface area contributed by atoms with Gasteiger partial charge in [-0.1, -0.05) is 26.2 Å². The molecular formula is C16H29NO2. The number of hydrogen-bond donors (Lipinski definition) is 1. The smallest absolute Gasteiger partial charge is 0.0710 e. The first-order valence-corrected chi connectivity index (χ1v) is 8.25. The molecule has 1 N–H and O–H groups in total. The lowest BCUT2D eigenvalue weighted by molar-refractivity contribution is -0.0788. The molecule has 3 rings (SSSR count). The highest BCUT2D eigenvalue weighted by molar-refractivity contribution is 4.92. The van der Waals surface area contributed by atoms with Gasteiger partial charge in [0, 0.05) is 13.1 Å². The van der Waals surface area contributed by atoms with Gasteiger partial charge in [0.05, 0.1) is 17.8 Å². The third-order valence-corrected chi connectivity index (χ3v) is 5.57. The van der Waals surface area contributed by atoms with Crippen LogP contribution in [0, 0.1) is 5.92 Å². The second-order valence-electron chi connectivity index (χ2n) is 7.12. The fourth-order valence-electron chi connectivity index (χ4n) is 4.16. The number of β-amino-alcohol motifs (C(OH)–C–C–N with tert-alkyl or cyclic N) is 1. The summed E-state index contributed by atoms with van der Waals surface area (Å²) in [6.45, 7) is 5.16. The molecule has 2 saturated heterocycles. The topological polar surface area (TPSA) is 32.7 Å². The minimum Gasteiger partial charge on any atom is -0.392 e. The highest BCUT2D eigenvalue weighted by atomic mass is 16.5. The van der Waals surface area contributed by atoms with Crippen LogP contribution in [0.15, 0.2) is 0 Å². The Balaban J connectivity index is 1.49. The zero-order chi connectivity index (χ0) is 13.3. The first-order valence-electron chi connectivity index (χ1n) is 8.25. The fraction of sp³-hybridized carbons (Fsp3) is 1.00. The molecule has 0 aromatic heterocycles. The van der Waals surface area contributed by atoms with Crippen LogP contribution in [0.4, 0.5) is 0 Å². The van der Waals surface area contributed by atoms with E-state index in [2.05, 4.69) is 11.8 Å². The summed E-state index contributed by atoms with van der Waals surface area (Å²) in [6.07, 6.45) is 10.6. The molecule has 3 unspecified atom stereocenters. The molecule has 1 spiro atoms. The number of hydrogen-bond acceptors (Lipinski definition) is 3. The third-order valence-electron chi connectivity index (χ3n) is 5.57. The maximum atomic E-state index is 9.98. The molecule has 2 heterocycles. The average molecular weight is 267 g/mol. The van der Waals surface area contributed by atoms with E-state index in [0.29, 0.717) is 12.0 Å². The summed E-state index contributed by atoms with van der Waals surface area (Å²) in [7, 11) is 0. The normalized spacial score (nSPS) is 39.8. The van der Waals surface area contributed by atoms with E-state index in [4.69, 9.17) is 4.74 Å². The SMILES string of the molecule is CC1CCN(CC2CCC3(CCCCC3)O2)CC1O. The van der Waals surface area contributed by atoms with Gasteiger partial charge in [-0.2, -0.15) is 0 Å². The van der Waals surface area contributed by atoms with Crippen LogP contribution in [0.2, 0.25) is 0 Å². The van der Waals surface area contributed by atoms with Crippen LogP contribution >= 0.6 is 0 Å². The highest BCUT2D eigenvalue weighted by Crippen LogP contribution is 2.42. The van der Waals surface area contributed by atoms with Gasteiger partial charge in [-0.25, -0.2) is 0 Å². The van der Waals surface area contributed by atoms with Crippen LogP contribution in [-0.2, 0) is 4.74 Å². The van der Waals surface area contributed by atoms with Gasteiger partial charge in [0.2, 0.25) is 0 Å². The molecule has 0 aromatic carbocycles. The molecule has 1 saturated carbocycles. The summed E-state index contributed by atoms with van der Waals surface area (Å²) in [5, 5.41) is 9.98. The van der Waals surface area contributed by atoms with Gasteiger partial charge in [0.1, 0.15) is 0 Å². The maximum Gasteiger partial charge on any atom is 0.0710 e. The van der Waals surface area contributed by atoms with Crippen molar-refractivity contribution in [3.63, 3.8) is 0 Å². The van der Waals surface area contributed by atoms with Crippen LogP contribution in [0.5, 0.6) is 0 Å². The standard InChI is InChI=1S/C16H29NO2/c1-13-6-10-17(12-15(13)18)11-14-5-9-16(19-14)7-3-2-4-8-16/h13-15,18H,2-12H2,1H3. The second kappa shape index (κ2) is 5.71. The van der Waals surface area contributed by atoms with E-state index >= 15 is 0 Å². The Labute approximate surface area is 117 Å². The van der Waals surface area contributed by atoms with Crippen molar-refractivity contribution in [3.8, 4) is 0 Å². The monoisotopic (exact) mass is 267 g/mol.